The molecular formula is C9H12N2O2S. The van der Waals surface area contributed by atoms with Gasteiger partial charge in [0, 0.05) is 18.5 Å². The van der Waals surface area contributed by atoms with Gasteiger partial charge in [0.2, 0.25) is 0 Å². The van der Waals surface area contributed by atoms with Crippen LogP contribution in [0.5, 0.6) is 0 Å². The van der Waals surface area contributed by atoms with E-state index in [0.717, 1.165) is 19.4 Å². The van der Waals surface area contributed by atoms with Crippen molar-refractivity contribution in [3.05, 3.63) is 16.6 Å². The summed E-state index contributed by atoms with van der Waals surface area (Å²) >= 11 is 1.41. The Morgan fingerprint density at radius 2 is 2.57 bits per heavy atom. The zero-order chi connectivity index (χ0) is 9.97. The van der Waals surface area contributed by atoms with E-state index in [-0.39, 0.29) is 12.0 Å². The van der Waals surface area contributed by atoms with Crippen molar-refractivity contribution in [2.75, 3.05) is 13.1 Å². The van der Waals surface area contributed by atoms with Gasteiger partial charge in [-0.25, -0.2) is 4.98 Å². The molecule has 1 atom stereocenters. The van der Waals surface area contributed by atoms with Gasteiger partial charge in [0.1, 0.15) is 5.69 Å². The first-order chi connectivity index (χ1) is 6.77. The number of thiazole rings is 1. The van der Waals surface area contributed by atoms with Gasteiger partial charge in [-0.1, -0.05) is 0 Å². The van der Waals surface area contributed by atoms with Crippen LogP contribution in [0.2, 0.25) is 0 Å². The highest BCUT2D eigenvalue weighted by Crippen LogP contribution is 2.13. The molecule has 1 aromatic heterocycles. The van der Waals surface area contributed by atoms with Crippen molar-refractivity contribution < 1.29 is 9.90 Å². The molecule has 76 valence electrons. The van der Waals surface area contributed by atoms with E-state index in [0.29, 0.717) is 12.2 Å². The normalized spacial score (nSPS) is 22.4. The zero-order valence-corrected chi connectivity index (χ0v) is 8.54. The Labute approximate surface area is 86.2 Å². The average Bonchev–Trinajstić information content (AvgIpc) is 2.69. The minimum absolute atomic E-state index is 0.0648. The first-order valence-electron chi connectivity index (χ1n) is 4.63. The maximum Gasteiger partial charge on any atom is 0.273 e. The molecule has 0 radical (unpaired) electrons. The van der Waals surface area contributed by atoms with Crippen molar-refractivity contribution in [2.45, 2.75) is 18.9 Å². The number of aromatic nitrogens is 1. The predicted octanol–water partition coefficient (Wildman–Crippen LogP) is 0.740. The largest absolute Gasteiger partial charge is 0.391 e. The number of carbonyl (C=O) groups excluding carboxylic acids is 1. The summed E-state index contributed by atoms with van der Waals surface area (Å²) in [6, 6.07) is 0. The minimum Gasteiger partial charge on any atom is -0.391 e. The maximum absolute atomic E-state index is 11.8. The van der Waals surface area contributed by atoms with Gasteiger partial charge in [-0.3, -0.25) is 4.79 Å². The van der Waals surface area contributed by atoms with Crippen LogP contribution in [0, 0.1) is 0 Å². The monoisotopic (exact) mass is 212 g/mol. The SMILES string of the molecule is O=C(c1cscn1)N1CCCC(O)C1. The van der Waals surface area contributed by atoms with Gasteiger partial charge >= 0.3 is 0 Å². The molecule has 5 heteroatoms. The van der Waals surface area contributed by atoms with Crippen molar-refractivity contribution >= 4 is 17.2 Å². The van der Waals surface area contributed by atoms with Crippen molar-refractivity contribution in [2.24, 2.45) is 0 Å². The smallest absolute Gasteiger partial charge is 0.273 e. The fraction of sp³-hybridized carbons (Fsp3) is 0.556. The Morgan fingerprint density at radius 3 is 3.21 bits per heavy atom. The fourth-order valence-electron chi connectivity index (χ4n) is 1.62. The number of aliphatic hydroxyl groups is 1. The third-order valence-electron chi connectivity index (χ3n) is 2.34. The lowest BCUT2D eigenvalue weighted by molar-refractivity contribution is 0.0469. The topological polar surface area (TPSA) is 53.4 Å². The van der Waals surface area contributed by atoms with E-state index < -0.39 is 0 Å². The van der Waals surface area contributed by atoms with E-state index in [1.807, 2.05) is 0 Å². The molecule has 0 aliphatic carbocycles. The van der Waals surface area contributed by atoms with Gasteiger partial charge in [-0.05, 0) is 12.8 Å². The second-order valence-electron chi connectivity index (χ2n) is 3.42. The van der Waals surface area contributed by atoms with Crippen molar-refractivity contribution in [1.29, 1.82) is 0 Å². The molecule has 14 heavy (non-hydrogen) atoms. The number of carbonyl (C=O) groups is 1. The molecule has 0 bridgehead atoms. The lowest BCUT2D eigenvalue weighted by Crippen LogP contribution is -2.42. The van der Waals surface area contributed by atoms with Crippen LogP contribution in [0.3, 0.4) is 0 Å². The molecule has 0 saturated carbocycles. The summed E-state index contributed by atoms with van der Waals surface area (Å²) < 4.78 is 0. The Kier molecular flexibility index (Phi) is 2.79. The molecule has 2 rings (SSSR count). The van der Waals surface area contributed by atoms with Gasteiger partial charge in [0.15, 0.2) is 0 Å². The molecule has 2 heterocycles. The van der Waals surface area contributed by atoms with Gasteiger partial charge in [-0.15, -0.1) is 11.3 Å². The molecule has 1 N–H and O–H groups in total. The second kappa shape index (κ2) is 4.06. The maximum atomic E-state index is 11.8. The van der Waals surface area contributed by atoms with E-state index in [1.54, 1.807) is 15.8 Å². The first kappa shape index (κ1) is 9.61. The standard InChI is InChI=1S/C9H12N2O2S/c12-7-2-1-3-11(4-7)9(13)8-5-14-6-10-8/h5-7,12H,1-4H2. The molecule has 1 unspecified atom stereocenters. The van der Waals surface area contributed by atoms with Gasteiger partial charge < -0.3 is 10.0 Å². The second-order valence-corrected chi connectivity index (χ2v) is 4.14. The summed E-state index contributed by atoms with van der Waals surface area (Å²) in [6.07, 6.45) is 1.30. The lowest BCUT2D eigenvalue weighted by atomic mass is 10.1. The molecule has 1 saturated heterocycles. The van der Waals surface area contributed by atoms with Gasteiger partial charge in [-0.2, -0.15) is 0 Å². The number of rotatable bonds is 1. The number of amides is 1. The zero-order valence-electron chi connectivity index (χ0n) is 7.72. The third-order valence-corrected chi connectivity index (χ3v) is 2.92. The third kappa shape index (κ3) is 1.93. The van der Waals surface area contributed by atoms with Crippen LogP contribution in [0.4, 0.5) is 0 Å². The lowest BCUT2D eigenvalue weighted by Gasteiger charge is -2.29. The van der Waals surface area contributed by atoms with E-state index in [4.69, 9.17) is 0 Å². The Balaban J connectivity index is 2.04. The van der Waals surface area contributed by atoms with Gasteiger partial charge in [0.05, 0.1) is 11.6 Å². The Bertz CT molecular complexity index is 313. The number of hydrogen-bond donors (Lipinski definition) is 1. The number of piperidine rings is 1. The number of nitrogens with zero attached hydrogens (tertiary/aromatic N) is 2. The molecule has 1 aromatic rings. The van der Waals surface area contributed by atoms with Crippen molar-refractivity contribution in [3.8, 4) is 0 Å². The number of likely N-dealkylation sites (tertiary alicyclic amines) is 1. The van der Waals surface area contributed by atoms with E-state index >= 15 is 0 Å². The average molecular weight is 212 g/mol. The van der Waals surface area contributed by atoms with Crippen LogP contribution < -0.4 is 0 Å². The highest BCUT2D eigenvalue weighted by atomic mass is 32.1. The molecule has 1 amide bonds. The molecule has 1 aliphatic heterocycles. The highest BCUT2D eigenvalue weighted by Gasteiger charge is 2.23. The number of aliphatic hydroxyl groups excluding tert-OH is 1. The minimum atomic E-state index is -0.369. The van der Waals surface area contributed by atoms with Crippen molar-refractivity contribution in [1.82, 2.24) is 9.88 Å². The van der Waals surface area contributed by atoms with E-state index in [9.17, 15) is 9.90 Å². The van der Waals surface area contributed by atoms with Crippen molar-refractivity contribution in [3.63, 3.8) is 0 Å². The molecule has 0 spiro atoms. The summed E-state index contributed by atoms with van der Waals surface area (Å²) in [5.74, 6) is -0.0648. The van der Waals surface area contributed by atoms with Crippen LogP contribution >= 0.6 is 11.3 Å². The molecule has 0 aromatic carbocycles. The van der Waals surface area contributed by atoms with E-state index in [2.05, 4.69) is 4.98 Å². The molecular weight excluding hydrogens is 200 g/mol. The van der Waals surface area contributed by atoms with Crippen LogP contribution in [0.25, 0.3) is 0 Å². The van der Waals surface area contributed by atoms with Crippen LogP contribution in [-0.2, 0) is 0 Å². The molecule has 4 nitrogen and oxygen atoms in total. The summed E-state index contributed by atoms with van der Waals surface area (Å²) in [5.41, 5.74) is 2.14. The summed E-state index contributed by atoms with van der Waals surface area (Å²) in [7, 11) is 0. The number of hydrogen-bond acceptors (Lipinski definition) is 4. The van der Waals surface area contributed by atoms with Crippen LogP contribution in [-0.4, -0.2) is 40.1 Å². The first-order valence-corrected chi connectivity index (χ1v) is 5.57. The summed E-state index contributed by atoms with van der Waals surface area (Å²) in [5, 5.41) is 11.2. The van der Waals surface area contributed by atoms with Crippen LogP contribution in [0.15, 0.2) is 10.9 Å². The highest BCUT2D eigenvalue weighted by molar-refractivity contribution is 7.07. The summed E-state index contributed by atoms with van der Waals surface area (Å²) in [4.78, 5) is 17.4. The summed E-state index contributed by atoms with van der Waals surface area (Å²) in [6.45, 7) is 1.17. The number of β-amino-alcohol motifs (C(OH)–C–C–N with tert-alkyl or cyclic N) is 1. The molecule has 1 aliphatic rings. The van der Waals surface area contributed by atoms with Gasteiger partial charge in [0.25, 0.3) is 5.91 Å². The Morgan fingerprint density at radius 1 is 1.71 bits per heavy atom. The molecule has 1 fully saturated rings. The van der Waals surface area contributed by atoms with Crippen LogP contribution in [0.1, 0.15) is 23.3 Å². The quantitative estimate of drug-likeness (QED) is 0.747. The Hall–Kier alpha value is -0.940. The predicted molar refractivity (Wildman–Crippen MR) is 53.3 cm³/mol. The fourth-order valence-corrected chi connectivity index (χ4v) is 2.15. The van der Waals surface area contributed by atoms with E-state index in [1.165, 1.54) is 11.3 Å².